The van der Waals surface area contributed by atoms with Gasteiger partial charge in [-0.05, 0) is 35.4 Å². The molecule has 6 heterocycles. The number of benzene rings is 2. The van der Waals surface area contributed by atoms with E-state index in [2.05, 4.69) is 47.9 Å². The molecule has 0 saturated heterocycles. The first-order chi connectivity index (χ1) is 25.9. The van der Waals surface area contributed by atoms with Gasteiger partial charge in [0.15, 0.2) is 22.9 Å². The van der Waals surface area contributed by atoms with Crippen LogP contribution in [0.15, 0.2) is 156 Å². The Bertz CT molecular complexity index is 2340. The molecule has 0 fully saturated rings. The van der Waals surface area contributed by atoms with Crippen molar-refractivity contribution in [3.8, 4) is 22.6 Å². The molecule has 0 saturated carbocycles. The molecule has 53 heavy (non-hydrogen) atoms. The highest BCUT2D eigenvalue weighted by atomic mass is 16.5. The molecule has 15 nitrogen and oxygen atoms in total. The number of rotatable bonds is 9. The number of nitrogens with zero attached hydrogens (tertiary/aromatic N) is 8. The van der Waals surface area contributed by atoms with E-state index >= 15 is 0 Å². The number of hydrogen-bond acceptors (Lipinski definition) is 11. The van der Waals surface area contributed by atoms with Gasteiger partial charge < -0.3 is 25.2 Å². The molecular formula is C38H32N10O5. The molecule has 0 unspecified atom stereocenters. The summed E-state index contributed by atoms with van der Waals surface area (Å²) in [7, 11) is 0. The van der Waals surface area contributed by atoms with E-state index in [0.29, 0.717) is 29.4 Å². The summed E-state index contributed by atoms with van der Waals surface area (Å²) in [5.74, 6) is -0.524. The molecular weight excluding hydrogens is 676 g/mol. The van der Waals surface area contributed by atoms with E-state index in [-0.39, 0.29) is 17.3 Å². The third-order valence-electron chi connectivity index (χ3n) is 7.32. The molecule has 4 N–H and O–H groups in total. The number of pyridine rings is 2. The Morgan fingerprint density at radius 2 is 1.15 bits per heavy atom. The molecule has 8 aromatic rings. The van der Waals surface area contributed by atoms with Crippen LogP contribution in [0.5, 0.6) is 0 Å². The number of carbonyl (C=O) groups is 2. The first-order valence-corrected chi connectivity index (χ1v) is 16.1. The van der Waals surface area contributed by atoms with Crippen molar-refractivity contribution in [3.63, 3.8) is 0 Å². The Morgan fingerprint density at radius 3 is 1.64 bits per heavy atom. The van der Waals surface area contributed by atoms with Crippen molar-refractivity contribution in [1.29, 1.82) is 0 Å². The van der Waals surface area contributed by atoms with E-state index in [4.69, 9.17) is 19.9 Å². The Morgan fingerprint density at radius 1 is 0.660 bits per heavy atom. The third kappa shape index (κ3) is 10.2. The Balaban J connectivity index is 0.000000150. The maximum atomic E-state index is 12.3. The topological polar surface area (TPSA) is 206 Å². The molecule has 0 aliphatic rings. The minimum Gasteiger partial charge on any atom is -0.476 e. The fourth-order valence-corrected chi connectivity index (χ4v) is 4.78. The summed E-state index contributed by atoms with van der Waals surface area (Å²) in [6, 6.07) is 30.1. The standard InChI is InChI=1S/C19H15N5O2.C10H11N3.C9H6N2O3/c25-19(17-10-18(26-23-17)15-6-8-20-9-7-15)22-16-11-21-24(13-16)12-14-4-2-1-3-5-14;11-10-6-12-13(8-10)7-9-4-2-1-3-5-9;12-9(13)7-5-8(14-11-7)6-1-3-10-4-2-6/h1-11,13H,12H2,(H,22,25);1-6,8H,7,11H2;1-5H,(H,12,13). The molecule has 2 aromatic carbocycles. The van der Waals surface area contributed by atoms with E-state index in [1.807, 2.05) is 59.4 Å². The zero-order chi connectivity index (χ0) is 36.8. The number of nitrogens with two attached hydrogens (primary N) is 1. The third-order valence-corrected chi connectivity index (χ3v) is 7.32. The van der Waals surface area contributed by atoms with Crippen molar-refractivity contribution in [1.82, 2.24) is 39.8 Å². The Labute approximate surface area is 302 Å². The van der Waals surface area contributed by atoms with Gasteiger partial charge >= 0.3 is 5.97 Å². The number of anilines is 2. The lowest BCUT2D eigenvalue weighted by Crippen LogP contribution is -2.11. The van der Waals surface area contributed by atoms with Crippen LogP contribution >= 0.6 is 0 Å². The molecule has 0 aliphatic carbocycles. The highest BCUT2D eigenvalue weighted by molar-refractivity contribution is 6.03. The summed E-state index contributed by atoms with van der Waals surface area (Å²) in [6.07, 6.45) is 13.4. The largest absolute Gasteiger partial charge is 0.476 e. The molecule has 0 radical (unpaired) electrons. The smallest absolute Gasteiger partial charge is 0.358 e. The molecule has 0 atom stereocenters. The second-order valence-electron chi connectivity index (χ2n) is 11.3. The average Bonchev–Trinajstić information content (AvgIpc) is 4.03. The normalized spacial score (nSPS) is 10.3. The summed E-state index contributed by atoms with van der Waals surface area (Å²) >= 11 is 0. The second kappa shape index (κ2) is 17.3. The average molecular weight is 709 g/mol. The summed E-state index contributed by atoms with van der Waals surface area (Å²) < 4.78 is 13.7. The van der Waals surface area contributed by atoms with Crippen molar-refractivity contribution >= 4 is 23.3 Å². The van der Waals surface area contributed by atoms with Crippen LogP contribution in [0.1, 0.15) is 32.1 Å². The highest BCUT2D eigenvalue weighted by Gasteiger charge is 2.15. The number of nitrogens with one attached hydrogen (secondary N) is 1. The van der Waals surface area contributed by atoms with Crippen LogP contribution in [0.3, 0.4) is 0 Å². The van der Waals surface area contributed by atoms with Gasteiger partial charge in [-0.1, -0.05) is 71.0 Å². The minimum atomic E-state index is -1.10. The quantitative estimate of drug-likeness (QED) is 0.154. The zero-order valence-electron chi connectivity index (χ0n) is 28.0. The highest BCUT2D eigenvalue weighted by Crippen LogP contribution is 2.20. The first-order valence-electron chi connectivity index (χ1n) is 16.1. The maximum absolute atomic E-state index is 12.3. The van der Waals surface area contributed by atoms with Crippen molar-refractivity contribution in [2.75, 3.05) is 11.1 Å². The monoisotopic (exact) mass is 708 g/mol. The van der Waals surface area contributed by atoms with E-state index < -0.39 is 5.97 Å². The van der Waals surface area contributed by atoms with Crippen molar-refractivity contribution < 1.29 is 23.7 Å². The summed E-state index contributed by atoms with van der Waals surface area (Å²) in [5, 5.41) is 27.0. The van der Waals surface area contributed by atoms with Crippen molar-refractivity contribution in [3.05, 3.63) is 169 Å². The van der Waals surface area contributed by atoms with Crippen LogP contribution in [0, 0.1) is 0 Å². The van der Waals surface area contributed by atoms with Crippen LogP contribution in [0.4, 0.5) is 11.4 Å². The number of hydrogen-bond donors (Lipinski definition) is 3. The number of aromatic nitrogens is 8. The van der Waals surface area contributed by atoms with Gasteiger partial charge in [0.25, 0.3) is 5.91 Å². The van der Waals surface area contributed by atoms with Gasteiger partial charge in [-0.15, -0.1) is 0 Å². The van der Waals surface area contributed by atoms with E-state index in [0.717, 1.165) is 23.2 Å². The fraction of sp³-hybridized carbons (Fsp3) is 0.0526. The maximum Gasteiger partial charge on any atom is 0.358 e. The molecule has 0 aliphatic heterocycles. The van der Waals surface area contributed by atoms with Crippen LogP contribution < -0.4 is 11.1 Å². The fourth-order valence-electron chi connectivity index (χ4n) is 4.78. The van der Waals surface area contributed by atoms with Gasteiger partial charge in [-0.3, -0.25) is 24.1 Å². The molecule has 1 amide bonds. The van der Waals surface area contributed by atoms with Gasteiger partial charge in [0.2, 0.25) is 0 Å². The van der Waals surface area contributed by atoms with Crippen LogP contribution in [-0.2, 0) is 13.1 Å². The van der Waals surface area contributed by atoms with Gasteiger partial charge in [0, 0.05) is 60.4 Å². The number of aromatic carboxylic acids is 1. The number of carboxylic acid groups (broad SMARTS) is 1. The number of nitrogen functional groups attached to an aromatic ring is 1. The molecule has 8 rings (SSSR count). The van der Waals surface area contributed by atoms with Crippen LogP contribution in [0.2, 0.25) is 0 Å². The lowest BCUT2D eigenvalue weighted by Gasteiger charge is -2.01. The molecule has 0 spiro atoms. The van der Waals surface area contributed by atoms with Crippen molar-refractivity contribution in [2.45, 2.75) is 13.1 Å². The predicted molar refractivity (Wildman–Crippen MR) is 194 cm³/mol. The number of amides is 1. The first kappa shape index (κ1) is 35.2. The number of carboxylic acids is 1. The van der Waals surface area contributed by atoms with Gasteiger partial charge in [-0.25, -0.2) is 4.79 Å². The van der Waals surface area contributed by atoms with E-state index in [1.165, 1.54) is 11.6 Å². The summed E-state index contributed by atoms with van der Waals surface area (Å²) in [4.78, 5) is 30.6. The predicted octanol–water partition coefficient (Wildman–Crippen LogP) is 6.18. The van der Waals surface area contributed by atoms with Gasteiger partial charge in [0.1, 0.15) is 0 Å². The van der Waals surface area contributed by atoms with E-state index in [1.54, 1.807) is 78.4 Å². The number of carbonyl (C=O) groups excluding carboxylic acids is 1. The van der Waals surface area contributed by atoms with Gasteiger partial charge in [-0.2, -0.15) is 10.2 Å². The van der Waals surface area contributed by atoms with Crippen molar-refractivity contribution in [2.24, 2.45) is 0 Å². The SMILES string of the molecule is Nc1cnn(Cc2ccccc2)c1.O=C(Nc1cnn(Cc2ccccc2)c1)c1cc(-c2ccncc2)on1.O=C(O)c1cc(-c2ccncc2)on1. The van der Waals surface area contributed by atoms with Crippen LogP contribution in [-0.4, -0.2) is 56.8 Å². The minimum absolute atomic E-state index is 0.100. The second-order valence-corrected chi connectivity index (χ2v) is 11.3. The summed E-state index contributed by atoms with van der Waals surface area (Å²) in [5.41, 5.74) is 10.9. The molecule has 15 heteroatoms. The molecule has 264 valence electrons. The lowest BCUT2D eigenvalue weighted by atomic mass is 10.2. The molecule has 0 bridgehead atoms. The Kier molecular flexibility index (Phi) is 11.5. The molecule has 6 aromatic heterocycles. The van der Waals surface area contributed by atoms with Crippen LogP contribution in [0.25, 0.3) is 22.6 Å². The Hall–Kier alpha value is -7.68. The zero-order valence-corrected chi connectivity index (χ0v) is 28.0. The summed E-state index contributed by atoms with van der Waals surface area (Å²) in [6.45, 7) is 1.41. The lowest BCUT2D eigenvalue weighted by molar-refractivity contribution is 0.0685. The van der Waals surface area contributed by atoms with E-state index in [9.17, 15) is 9.59 Å². The van der Waals surface area contributed by atoms with Gasteiger partial charge in [0.05, 0.1) is 36.9 Å².